The Kier molecular flexibility index (Phi) is 3.77. The summed E-state index contributed by atoms with van der Waals surface area (Å²) < 4.78 is 66.9. The highest BCUT2D eigenvalue weighted by atomic mass is 19.2. The molecule has 10 heteroatoms. The maximum atomic E-state index is 13.7. The van der Waals surface area contributed by atoms with Crippen LogP contribution >= 0.6 is 0 Å². The lowest BCUT2D eigenvalue weighted by molar-refractivity contribution is -0.269. The second-order valence-corrected chi connectivity index (χ2v) is 4.25. The number of hydrogen-bond acceptors (Lipinski definition) is 4. The van der Waals surface area contributed by atoms with Gasteiger partial charge in [-0.2, -0.15) is 0 Å². The molecule has 122 valence electrons. The molecule has 23 heavy (non-hydrogen) atoms. The van der Waals surface area contributed by atoms with Crippen LogP contribution in [0.1, 0.15) is 10.4 Å². The molecule has 0 fully saturated rings. The minimum absolute atomic E-state index is 0.243. The van der Waals surface area contributed by atoms with Gasteiger partial charge in [0, 0.05) is 0 Å². The van der Waals surface area contributed by atoms with Crippen molar-refractivity contribution in [2.45, 2.75) is 0 Å². The highest BCUT2D eigenvalue weighted by Crippen LogP contribution is 2.45. The zero-order valence-electron chi connectivity index (χ0n) is 10.6. The van der Waals surface area contributed by atoms with Crippen LogP contribution in [0.2, 0.25) is 0 Å². The molecule has 0 saturated carbocycles. The number of carboxylic acid groups (broad SMARTS) is 1. The summed E-state index contributed by atoms with van der Waals surface area (Å²) in [4.78, 5) is 11.0. The summed E-state index contributed by atoms with van der Waals surface area (Å²) in [6.07, 6.45) is 0. The van der Waals surface area contributed by atoms with Gasteiger partial charge >= 0.3 is 5.97 Å². The third-order valence-corrected chi connectivity index (χ3v) is 2.93. The van der Waals surface area contributed by atoms with Crippen molar-refractivity contribution in [3.63, 3.8) is 0 Å². The van der Waals surface area contributed by atoms with Gasteiger partial charge in [-0.15, -0.1) is 0 Å². The number of carbonyl (C=O) groups is 1. The molecule has 0 aliphatic heterocycles. The predicted octanol–water partition coefficient (Wildman–Crippen LogP) is 2.23. The van der Waals surface area contributed by atoms with E-state index in [0.29, 0.717) is 0 Å². The lowest BCUT2D eigenvalue weighted by atomic mass is 9.96. The van der Waals surface area contributed by atoms with E-state index in [-0.39, 0.29) is 6.07 Å². The summed E-state index contributed by atoms with van der Waals surface area (Å²) >= 11 is 0. The molecule has 0 unspecified atom stereocenters. The Labute approximate surface area is 123 Å². The number of carboxylic acids is 1. The van der Waals surface area contributed by atoms with Gasteiger partial charge in [0.05, 0.1) is 11.1 Å². The number of rotatable bonds is 2. The van der Waals surface area contributed by atoms with Crippen molar-refractivity contribution in [3.8, 4) is 28.4 Å². The Morgan fingerprint density at radius 2 is 1.30 bits per heavy atom. The van der Waals surface area contributed by atoms with E-state index < -0.39 is 69.0 Å². The van der Waals surface area contributed by atoms with Gasteiger partial charge in [0.2, 0.25) is 5.82 Å². The largest absolute Gasteiger partial charge is 0.869 e. The second-order valence-electron chi connectivity index (χ2n) is 4.25. The average Bonchev–Trinajstić information content (AvgIpc) is 2.50. The van der Waals surface area contributed by atoms with Crippen LogP contribution in [0.3, 0.4) is 0 Å². The summed E-state index contributed by atoms with van der Waals surface area (Å²) in [5.74, 6) is -18.8. The van der Waals surface area contributed by atoms with Crippen LogP contribution in [0.15, 0.2) is 6.07 Å². The Morgan fingerprint density at radius 1 is 0.870 bits per heavy atom. The number of hydrogen-bond donors (Lipinski definition) is 3. The number of benzene rings is 2. The van der Waals surface area contributed by atoms with Crippen LogP contribution in [0.25, 0.3) is 11.1 Å². The first kappa shape index (κ1) is 16.3. The standard InChI is InChI=1S/C13H5F5O5/c14-6-5(7(15)9(17)10(18)8(6)16)4-2(13(22)23)1-3(19)11(20)12(4)21/h1,19-21H,(H,22,23)/p-1. The topological polar surface area (TPSA) is 101 Å². The molecule has 0 heterocycles. The number of aromatic hydroxyl groups is 2. The van der Waals surface area contributed by atoms with E-state index in [0.717, 1.165) is 0 Å². The molecule has 0 aliphatic rings. The molecule has 0 atom stereocenters. The molecule has 0 radical (unpaired) electrons. The highest BCUT2D eigenvalue weighted by molar-refractivity contribution is 5.99. The zero-order chi connectivity index (χ0) is 17.6. The van der Waals surface area contributed by atoms with Gasteiger partial charge in [0.15, 0.2) is 29.0 Å². The van der Waals surface area contributed by atoms with Gasteiger partial charge in [0.1, 0.15) is 5.75 Å². The van der Waals surface area contributed by atoms with E-state index in [9.17, 15) is 42.1 Å². The fourth-order valence-corrected chi connectivity index (χ4v) is 1.88. The van der Waals surface area contributed by atoms with Gasteiger partial charge in [0.25, 0.3) is 0 Å². The predicted molar refractivity (Wildman–Crippen MR) is 61.4 cm³/mol. The fraction of sp³-hybridized carbons (Fsp3) is 0. The number of halogens is 5. The third-order valence-electron chi connectivity index (χ3n) is 2.93. The number of phenols is 2. The van der Waals surface area contributed by atoms with Crippen molar-refractivity contribution < 1.29 is 47.2 Å². The quantitative estimate of drug-likeness (QED) is 0.338. The monoisotopic (exact) mass is 335 g/mol. The summed E-state index contributed by atoms with van der Waals surface area (Å²) in [5.41, 5.74) is -4.56. The van der Waals surface area contributed by atoms with E-state index in [1.807, 2.05) is 0 Å². The van der Waals surface area contributed by atoms with Crippen molar-refractivity contribution in [1.29, 1.82) is 0 Å². The molecular weight excluding hydrogens is 331 g/mol. The van der Waals surface area contributed by atoms with E-state index in [2.05, 4.69) is 0 Å². The molecule has 2 aromatic rings. The smallest absolute Gasteiger partial charge is 0.336 e. The van der Waals surface area contributed by atoms with E-state index >= 15 is 0 Å². The fourth-order valence-electron chi connectivity index (χ4n) is 1.88. The van der Waals surface area contributed by atoms with E-state index in [1.165, 1.54) is 0 Å². The second kappa shape index (κ2) is 5.30. The van der Waals surface area contributed by atoms with Crippen molar-refractivity contribution in [3.05, 3.63) is 40.7 Å². The summed E-state index contributed by atoms with van der Waals surface area (Å²) in [6.45, 7) is 0. The lowest BCUT2D eigenvalue weighted by Gasteiger charge is -2.20. The molecule has 0 aliphatic carbocycles. The van der Waals surface area contributed by atoms with E-state index in [1.54, 1.807) is 0 Å². The van der Waals surface area contributed by atoms with E-state index in [4.69, 9.17) is 5.11 Å². The number of phenolic OH excluding ortho intramolecular Hbond substituents is 2. The van der Waals surface area contributed by atoms with Gasteiger partial charge in [-0.3, -0.25) is 0 Å². The first-order chi connectivity index (χ1) is 10.6. The first-order valence-electron chi connectivity index (χ1n) is 5.60. The number of aromatic carboxylic acids is 1. The molecular formula is C13H4F5O5-. The van der Waals surface area contributed by atoms with Crippen LogP contribution in [-0.2, 0) is 0 Å². The summed E-state index contributed by atoms with van der Waals surface area (Å²) in [6, 6.07) is 0.243. The molecule has 0 spiro atoms. The van der Waals surface area contributed by atoms with Crippen LogP contribution < -0.4 is 5.11 Å². The molecule has 2 aromatic carbocycles. The Balaban J connectivity index is 3.05. The first-order valence-corrected chi connectivity index (χ1v) is 5.60. The van der Waals surface area contributed by atoms with Gasteiger partial charge in [-0.25, -0.2) is 26.7 Å². The summed E-state index contributed by atoms with van der Waals surface area (Å²) in [7, 11) is 0. The Morgan fingerprint density at radius 3 is 1.74 bits per heavy atom. The molecule has 0 aromatic heterocycles. The lowest BCUT2D eigenvalue weighted by Crippen LogP contribution is -2.10. The zero-order valence-corrected chi connectivity index (χ0v) is 10.6. The van der Waals surface area contributed by atoms with Crippen molar-refractivity contribution in [1.82, 2.24) is 0 Å². The van der Waals surface area contributed by atoms with Crippen LogP contribution in [0.4, 0.5) is 22.0 Å². The molecule has 0 amide bonds. The van der Waals surface area contributed by atoms with Gasteiger partial charge in [-0.05, 0) is 11.6 Å². The van der Waals surface area contributed by atoms with Crippen LogP contribution in [0, 0.1) is 29.1 Å². The minimum Gasteiger partial charge on any atom is -0.869 e. The van der Waals surface area contributed by atoms with Crippen molar-refractivity contribution >= 4 is 5.97 Å². The third kappa shape index (κ3) is 2.28. The van der Waals surface area contributed by atoms with Gasteiger partial charge in [-0.1, -0.05) is 5.75 Å². The normalized spacial score (nSPS) is 10.8. The van der Waals surface area contributed by atoms with Crippen molar-refractivity contribution in [2.24, 2.45) is 0 Å². The summed E-state index contributed by atoms with van der Waals surface area (Å²) in [5, 5.41) is 39.1. The maximum absolute atomic E-state index is 13.7. The van der Waals surface area contributed by atoms with Crippen LogP contribution in [0.5, 0.6) is 17.2 Å². The Bertz CT molecular complexity index is 821. The Hall–Kier alpha value is -3.04. The average molecular weight is 335 g/mol. The molecule has 2 rings (SSSR count). The molecule has 3 N–H and O–H groups in total. The molecule has 0 bridgehead atoms. The van der Waals surface area contributed by atoms with Crippen molar-refractivity contribution in [2.75, 3.05) is 0 Å². The minimum atomic E-state index is -2.50. The highest BCUT2D eigenvalue weighted by Gasteiger charge is 2.30. The van der Waals surface area contributed by atoms with Crippen LogP contribution in [-0.4, -0.2) is 21.3 Å². The SMILES string of the molecule is O=C(O)c1cc(O)c(O)c([O-])c1-c1c(F)c(F)c(F)c(F)c1F. The molecule has 5 nitrogen and oxygen atoms in total. The van der Waals surface area contributed by atoms with Gasteiger partial charge < -0.3 is 20.4 Å². The molecule has 0 saturated heterocycles. The maximum Gasteiger partial charge on any atom is 0.336 e.